The Morgan fingerprint density at radius 3 is 2.54 bits per heavy atom. The Kier molecular flexibility index (Phi) is 6.00. The van der Waals surface area contributed by atoms with Gasteiger partial charge in [0.25, 0.3) is 0 Å². The van der Waals surface area contributed by atoms with Crippen molar-refractivity contribution in [3.63, 3.8) is 0 Å². The number of anilines is 3. The summed E-state index contributed by atoms with van der Waals surface area (Å²) < 4.78 is 13.4. The molecule has 4 rings (SSSR count). The van der Waals surface area contributed by atoms with Gasteiger partial charge in [0.2, 0.25) is 11.9 Å². The van der Waals surface area contributed by atoms with Crippen molar-refractivity contribution in [2.24, 2.45) is 0 Å². The van der Waals surface area contributed by atoms with Gasteiger partial charge >= 0.3 is 0 Å². The molecule has 150 valence electrons. The smallest absolute Gasteiger partial charge is 0.229 e. The Morgan fingerprint density at radius 2 is 1.79 bits per heavy atom. The molecule has 7 heteroatoms. The Labute approximate surface area is 165 Å². The van der Waals surface area contributed by atoms with E-state index in [2.05, 4.69) is 20.6 Å². The predicted molar refractivity (Wildman–Crippen MR) is 107 cm³/mol. The molecule has 2 aromatic rings. The van der Waals surface area contributed by atoms with E-state index < -0.39 is 5.95 Å². The van der Waals surface area contributed by atoms with Crippen LogP contribution < -0.4 is 10.6 Å². The van der Waals surface area contributed by atoms with Crippen LogP contribution in [0.2, 0.25) is 0 Å². The van der Waals surface area contributed by atoms with Gasteiger partial charge in [-0.3, -0.25) is 0 Å². The molecule has 0 spiro atoms. The summed E-state index contributed by atoms with van der Waals surface area (Å²) in [6.45, 7) is 0. The van der Waals surface area contributed by atoms with Gasteiger partial charge in [0, 0.05) is 35.8 Å². The summed E-state index contributed by atoms with van der Waals surface area (Å²) in [5.74, 6) is 1.27. The van der Waals surface area contributed by atoms with Crippen LogP contribution in [0.3, 0.4) is 0 Å². The average molecular weight is 385 g/mol. The Morgan fingerprint density at radius 1 is 1.00 bits per heavy atom. The molecular weight excluding hydrogens is 357 g/mol. The van der Waals surface area contributed by atoms with E-state index in [0.29, 0.717) is 23.6 Å². The Balaban J connectivity index is 1.56. The van der Waals surface area contributed by atoms with Gasteiger partial charge in [-0.05, 0) is 50.5 Å². The SMILES string of the molecule is OC1CCC(Nc2nc(Nc3ccnc(F)c3)ncc2C2CCCCC2)CC1. The molecule has 0 aliphatic heterocycles. The lowest BCUT2D eigenvalue weighted by Crippen LogP contribution is -2.29. The second-order valence-electron chi connectivity index (χ2n) is 7.97. The third-order valence-corrected chi connectivity index (χ3v) is 5.88. The van der Waals surface area contributed by atoms with Gasteiger partial charge in [0.15, 0.2) is 0 Å². The van der Waals surface area contributed by atoms with Crippen LogP contribution in [-0.4, -0.2) is 32.2 Å². The molecule has 0 radical (unpaired) electrons. The molecule has 0 bridgehead atoms. The minimum absolute atomic E-state index is 0.180. The molecule has 3 N–H and O–H groups in total. The van der Waals surface area contributed by atoms with Gasteiger partial charge in [-0.15, -0.1) is 0 Å². The fourth-order valence-corrected chi connectivity index (χ4v) is 4.30. The standard InChI is InChI=1S/C21H28FN5O/c22-19-12-16(10-11-23-19)26-21-24-13-18(14-4-2-1-3-5-14)20(27-21)25-15-6-8-17(28)9-7-15/h10-15,17,28H,1-9H2,(H2,23,24,25,26,27). The number of pyridine rings is 1. The van der Waals surface area contributed by atoms with E-state index in [9.17, 15) is 9.50 Å². The molecular formula is C21H28FN5O. The molecule has 6 nitrogen and oxygen atoms in total. The third kappa shape index (κ3) is 4.76. The van der Waals surface area contributed by atoms with Gasteiger partial charge in [0.05, 0.1) is 6.10 Å². The van der Waals surface area contributed by atoms with E-state index in [4.69, 9.17) is 4.98 Å². The molecule has 0 aromatic carbocycles. The van der Waals surface area contributed by atoms with Gasteiger partial charge in [-0.25, -0.2) is 9.97 Å². The number of aliphatic hydroxyl groups excluding tert-OH is 1. The van der Waals surface area contributed by atoms with Crippen molar-refractivity contribution >= 4 is 17.5 Å². The number of halogens is 1. The van der Waals surface area contributed by atoms with E-state index in [-0.39, 0.29) is 6.10 Å². The molecule has 0 atom stereocenters. The van der Waals surface area contributed by atoms with Crippen LogP contribution in [0, 0.1) is 5.95 Å². The fourth-order valence-electron chi connectivity index (χ4n) is 4.30. The number of aliphatic hydroxyl groups is 1. The minimum atomic E-state index is -0.539. The van der Waals surface area contributed by atoms with Crippen LogP contribution in [0.25, 0.3) is 0 Å². The second-order valence-corrected chi connectivity index (χ2v) is 7.97. The zero-order chi connectivity index (χ0) is 19.3. The highest BCUT2D eigenvalue weighted by atomic mass is 19.1. The zero-order valence-corrected chi connectivity index (χ0v) is 16.1. The van der Waals surface area contributed by atoms with Crippen LogP contribution in [-0.2, 0) is 0 Å². The number of nitrogens with zero attached hydrogens (tertiary/aromatic N) is 3. The van der Waals surface area contributed by atoms with Gasteiger partial charge in [-0.1, -0.05) is 19.3 Å². The average Bonchev–Trinajstić information content (AvgIpc) is 2.71. The molecule has 2 fully saturated rings. The largest absolute Gasteiger partial charge is 0.393 e. The maximum Gasteiger partial charge on any atom is 0.229 e. The molecule has 2 aromatic heterocycles. The predicted octanol–water partition coefficient (Wildman–Crippen LogP) is 4.52. The van der Waals surface area contributed by atoms with E-state index in [1.54, 1.807) is 6.07 Å². The first-order valence-electron chi connectivity index (χ1n) is 10.4. The van der Waals surface area contributed by atoms with Crippen molar-refractivity contribution in [2.45, 2.75) is 75.9 Å². The van der Waals surface area contributed by atoms with Crippen molar-refractivity contribution in [1.29, 1.82) is 0 Å². The molecule has 2 saturated carbocycles. The molecule has 2 aliphatic rings. The Bertz CT molecular complexity index is 788. The molecule has 2 aliphatic carbocycles. The molecule has 0 amide bonds. The summed E-state index contributed by atoms with van der Waals surface area (Å²) in [7, 11) is 0. The van der Waals surface area contributed by atoms with Crippen molar-refractivity contribution in [1.82, 2.24) is 15.0 Å². The Hall–Kier alpha value is -2.28. The van der Waals surface area contributed by atoms with Crippen LogP contribution in [0.1, 0.15) is 69.3 Å². The van der Waals surface area contributed by atoms with Crippen molar-refractivity contribution in [2.75, 3.05) is 10.6 Å². The number of aromatic nitrogens is 3. The van der Waals surface area contributed by atoms with Gasteiger partial charge in [-0.2, -0.15) is 9.37 Å². The first-order chi connectivity index (χ1) is 13.7. The lowest BCUT2D eigenvalue weighted by molar-refractivity contribution is 0.126. The molecule has 2 heterocycles. The monoisotopic (exact) mass is 385 g/mol. The number of nitrogens with one attached hydrogen (secondary N) is 2. The van der Waals surface area contributed by atoms with E-state index in [1.165, 1.54) is 49.9 Å². The number of hydrogen-bond acceptors (Lipinski definition) is 6. The maximum absolute atomic E-state index is 13.4. The summed E-state index contributed by atoms with van der Waals surface area (Å²) in [5.41, 5.74) is 1.75. The van der Waals surface area contributed by atoms with Crippen LogP contribution in [0.5, 0.6) is 0 Å². The molecule has 0 saturated heterocycles. The summed E-state index contributed by atoms with van der Waals surface area (Å²) in [4.78, 5) is 12.8. The summed E-state index contributed by atoms with van der Waals surface area (Å²) >= 11 is 0. The number of rotatable bonds is 5. The van der Waals surface area contributed by atoms with Crippen LogP contribution in [0.4, 0.5) is 21.8 Å². The fraction of sp³-hybridized carbons (Fsp3) is 0.571. The van der Waals surface area contributed by atoms with E-state index in [1.807, 2.05) is 6.20 Å². The summed E-state index contributed by atoms with van der Waals surface area (Å²) in [6, 6.07) is 3.33. The van der Waals surface area contributed by atoms with Gasteiger partial charge in [0.1, 0.15) is 5.82 Å². The van der Waals surface area contributed by atoms with Crippen molar-refractivity contribution in [3.8, 4) is 0 Å². The second kappa shape index (κ2) is 8.82. The van der Waals surface area contributed by atoms with Gasteiger partial charge < -0.3 is 15.7 Å². The summed E-state index contributed by atoms with van der Waals surface area (Å²) in [5, 5.41) is 16.5. The van der Waals surface area contributed by atoms with Crippen molar-refractivity contribution in [3.05, 3.63) is 36.0 Å². The topological polar surface area (TPSA) is 83.0 Å². The zero-order valence-electron chi connectivity index (χ0n) is 16.1. The minimum Gasteiger partial charge on any atom is -0.393 e. The highest BCUT2D eigenvalue weighted by Gasteiger charge is 2.24. The first-order valence-corrected chi connectivity index (χ1v) is 10.4. The van der Waals surface area contributed by atoms with Crippen molar-refractivity contribution < 1.29 is 9.50 Å². The highest BCUT2D eigenvalue weighted by Crippen LogP contribution is 2.36. The summed E-state index contributed by atoms with van der Waals surface area (Å²) in [6.07, 6.45) is 12.8. The maximum atomic E-state index is 13.4. The van der Waals surface area contributed by atoms with Crippen LogP contribution in [0.15, 0.2) is 24.5 Å². The highest BCUT2D eigenvalue weighted by molar-refractivity contribution is 5.56. The molecule has 0 unspecified atom stereocenters. The van der Waals surface area contributed by atoms with E-state index >= 15 is 0 Å². The number of hydrogen-bond donors (Lipinski definition) is 3. The quantitative estimate of drug-likeness (QED) is 0.657. The van der Waals surface area contributed by atoms with E-state index in [0.717, 1.165) is 31.5 Å². The lowest BCUT2D eigenvalue weighted by Gasteiger charge is -2.29. The first kappa shape index (κ1) is 19.1. The third-order valence-electron chi connectivity index (χ3n) is 5.88. The van der Waals surface area contributed by atoms with Crippen LogP contribution >= 0.6 is 0 Å². The lowest BCUT2D eigenvalue weighted by atomic mass is 9.84. The normalized spacial score (nSPS) is 23.4. The molecule has 28 heavy (non-hydrogen) atoms.